The summed E-state index contributed by atoms with van der Waals surface area (Å²) in [4.78, 5) is 23.3. The highest BCUT2D eigenvalue weighted by molar-refractivity contribution is 7.22. The highest BCUT2D eigenvalue weighted by atomic mass is 32.1. The van der Waals surface area contributed by atoms with Crippen molar-refractivity contribution in [3.63, 3.8) is 0 Å². The quantitative estimate of drug-likeness (QED) is 0.419. The molecule has 15 heteroatoms. The second kappa shape index (κ2) is 9.98. The smallest absolute Gasteiger partial charge is 0.481 e. The number of ether oxygens (including phenoxy) is 5. The van der Waals surface area contributed by atoms with E-state index in [2.05, 4.69) is 24.8 Å². The van der Waals surface area contributed by atoms with Crippen LogP contribution >= 0.6 is 11.3 Å². The fourth-order valence-corrected chi connectivity index (χ4v) is 5.86. The van der Waals surface area contributed by atoms with Gasteiger partial charge >= 0.3 is 6.29 Å². The van der Waals surface area contributed by atoms with Gasteiger partial charge in [0, 0.05) is 37.8 Å². The van der Waals surface area contributed by atoms with E-state index < -0.39 is 42.8 Å². The number of carbonyl (C=O) groups excluding carboxylic acids is 1. The first-order valence-corrected chi connectivity index (χ1v) is 13.2. The molecule has 214 valence electrons. The van der Waals surface area contributed by atoms with Gasteiger partial charge in [0.05, 0.1) is 48.1 Å². The lowest BCUT2D eigenvalue weighted by molar-refractivity contribution is -0.286. The van der Waals surface area contributed by atoms with Crippen molar-refractivity contribution in [2.75, 3.05) is 38.7 Å². The number of rotatable bonds is 6. The SMILES string of the molecule is COc1ncc(C2CN(C(C)C(=O)Nc3nc4cc5c(cc4s3)OC(F)(F)O5)CCC2(F)F)cc1C1OCCO1. The van der Waals surface area contributed by atoms with Gasteiger partial charge in [-0.1, -0.05) is 11.3 Å². The minimum atomic E-state index is -3.75. The summed E-state index contributed by atoms with van der Waals surface area (Å²) in [6, 6.07) is 3.46. The fourth-order valence-electron chi connectivity index (χ4n) is 4.98. The van der Waals surface area contributed by atoms with Gasteiger partial charge in [-0.3, -0.25) is 9.69 Å². The van der Waals surface area contributed by atoms with Crippen LogP contribution in [0.2, 0.25) is 0 Å². The zero-order valence-corrected chi connectivity index (χ0v) is 22.1. The molecule has 0 saturated carbocycles. The molecule has 3 aliphatic rings. The van der Waals surface area contributed by atoms with Crippen LogP contribution in [-0.4, -0.2) is 72.4 Å². The molecule has 5 heterocycles. The van der Waals surface area contributed by atoms with Crippen molar-refractivity contribution in [2.45, 2.75) is 43.8 Å². The zero-order chi connectivity index (χ0) is 28.2. The summed E-state index contributed by atoms with van der Waals surface area (Å²) < 4.78 is 82.8. The van der Waals surface area contributed by atoms with Crippen LogP contribution in [0.5, 0.6) is 17.4 Å². The maximum Gasteiger partial charge on any atom is 0.586 e. The lowest BCUT2D eigenvalue weighted by atomic mass is 9.86. The average Bonchev–Trinajstić information content (AvgIpc) is 3.63. The van der Waals surface area contributed by atoms with E-state index in [9.17, 15) is 13.6 Å². The van der Waals surface area contributed by atoms with Gasteiger partial charge in [0.2, 0.25) is 11.8 Å². The van der Waals surface area contributed by atoms with Crippen molar-refractivity contribution in [3.05, 3.63) is 35.5 Å². The van der Waals surface area contributed by atoms with E-state index in [0.717, 1.165) is 11.3 Å². The Bertz CT molecular complexity index is 1410. The molecule has 2 unspecified atom stereocenters. The normalized spacial score (nSPS) is 22.9. The van der Waals surface area contributed by atoms with Crippen molar-refractivity contribution in [1.82, 2.24) is 14.9 Å². The highest BCUT2D eigenvalue weighted by Crippen LogP contribution is 2.45. The van der Waals surface area contributed by atoms with E-state index in [0.29, 0.717) is 29.0 Å². The number of fused-ring (bicyclic) bond motifs is 2. The molecule has 2 fully saturated rings. The summed E-state index contributed by atoms with van der Waals surface area (Å²) in [5.41, 5.74) is 1.05. The van der Waals surface area contributed by atoms with Crippen LogP contribution in [-0.2, 0) is 14.3 Å². The minimum absolute atomic E-state index is 0.00116. The Morgan fingerprint density at radius 1 is 1.18 bits per heavy atom. The molecule has 10 nitrogen and oxygen atoms in total. The Kier molecular flexibility index (Phi) is 6.71. The molecular weight excluding hydrogens is 560 g/mol. The van der Waals surface area contributed by atoms with Crippen LogP contribution in [0.3, 0.4) is 0 Å². The van der Waals surface area contributed by atoms with Crippen molar-refractivity contribution in [3.8, 4) is 17.4 Å². The van der Waals surface area contributed by atoms with Crippen LogP contribution in [0.4, 0.5) is 22.7 Å². The first-order chi connectivity index (χ1) is 19.0. The third-order valence-corrected chi connectivity index (χ3v) is 8.03. The monoisotopic (exact) mass is 584 g/mol. The maximum absolute atomic E-state index is 15.2. The fraction of sp³-hybridized carbons (Fsp3) is 0.480. The number of pyridine rings is 1. The Balaban J connectivity index is 1.18. The van der Waals surface area contributed by atoms with Gasteiger partial charge in [-0.15, -0.1) is 8.78 Å². The predicted molar refractivity (Wildman–Crippen MR) is 133 cm³/mol. The van der Waals surface area contributed by atoms with Crippen LogP contribution in [0.15, 0.2) is 24.4 Å². The van der Waals surface area contributed by atoms with Crippen molar-refractivity contribution < 1.29 is 46.0 Å². The second-order valence-corrected chi connectivity index (χ2v) is 10.6. The van der Waals surface area contributed by atoms with E-state index in [1.807, 2.05) is 0 Å². The first kappa shape index (κ1) is 26.9. The number of alkyl halides is 4. The third-order valence-electron chi connectivity index (χ3n) is 7.10. The summed E-state index contributed by atoms with van der Waals surface area (Å²) in [6.07, 6.45) is -3.61. The molecule has 1 amide bonds. The van der Waals surface area contributed by atoms with Gasteiger partial charge < -0.3 is 29.0 Å². The van der Waals surface area contributed by atoms with Crippen LogP contribution in [0, 0.1) is 0 Å². The van der Waals surface area contributed by atoms with Crippen molar-refractivity contribution in [1.29, 1.82) is 0 Å². The van der Waals surface area contributed by atoms with Gasteiger partial charge in [0.25, 0.3) is 5.92 Å². The second-order valence-electron chi connectivity index (χ2n) is 9.62. The lowest BCUT2D eigenvalue weighted by Gasteiger charge is -2.40. The molecule has 0 radical (unpaired) electrons. The van der Waals surface area contributed by atoms with Crippen LogP contribution in [0.25, 0.3) is 10.2 Å². The molecule has 0 bridgehead atoms. The number of amides is 1. The maximum atomic E-state index is 15.2. The average molecular weight is 585 g/mol. The number of hydrogen-bond acceptors (Lipinski definition) is 10. The van der Waals surface area contributed by atoms with E-state index in [-0.39, 0.29) is 41.2 Å². The largest absolute Gasteiger partial charge is 0.586 e. The Morgan fingerprint density at radius 3 is 2.62 bits per heavy atom. The number of hydrogen-bond donors (Lipinski definition) is 1. The van der Waals surface area contributed by atoms with E-state index in [4.69, 9.17) is 14.2 Å². The molecular formula is C25H24F4N4O6S. The van der Waals surface area contributed by atoms with E-state index in [1.165, 1.54) is 25.4 Å². The van der Waals surface area contributed by atoms with Gasteiger partial charge in [0.1, 0.15) is 0 Å². The number of piperidine rings is 1. The number of carbonyl (C=O) groups is 1. The Labute approximate surface area is 229 Å². The number of benzene rings is 1. The number of halogens is 4. The number of likely N-dealkylation sites (tertiary alicyclic amines) is 1. The molecule has 2 atom stereocenters. The Hall–Kier alpha value is -3.27. The standard InChI is InChI=1S/C25H24F4N4O6S/c1-12(20(34)32-23-31-16-8-17-18(9-19(16)40-23)39-25(28,29)38-17)33-4-3-24(26,27)15(11-33)13-7-14(21(35-2)30-10-13)22-36-5-6-37-22/h7-10,12,15,22H,3-6,11H2,1-2H3,(H,31,32,34). The zero-order valence-electron chi connectivity index (χ0n) is 21.3. The first-order valence-electron chi connectivity index (χ1n) is 12.4. The molecule has 1 aromatic carbocycles. The van der Waals surface area contributed by atoms with Gasteiger partial charge in [0.15, 0.2) is 22.9 Å². The number of methoxy groups -OCH3 is 1. The van der Waals surface area contributed by atoms with Crippen molar-refractivity contribution in [2.24, 2.45) is 0 Å². The number of anilines is 1. The topological polar surface area (TPSA) is 104 Å². The molecule has 2 aromatic heterocycles. The van der Waals surface area contributed by atoms with Crippen LogP contribution < -0.4 is 19.5 Å². The number of thiazole rings is 1. The van der Waals surface area contributed by atoms with Crippen LogP contribution in [0.1, 0.15) is 36.7 Å². The molecule has 0 spiro atoms. The summed E-state index contributed by atoms with van der Waals surface area (Å²) in [5.74, 6) is -4.78. The van der Waals surface area contributed by atoms with E-state index >= 15 is 8.78 Å². The summed E-state index contributed by atoms with van der Waals surface area (Å²) in [6.45, 7) is 2.26. The predicted octanol–water partition coefficient (Wildman–Crippen LogP) is 4.52. The molecule has 3 aliphatic heterocycles. The summed E-state index contributed by atoms with van der Waals surface area (Å²) in [5, 5.41) is 2.93. The Morgan fingerprint density at radius 2 is 1.90 bits per heavy atom. The number of aromatic nitrogens is 2. The summed E-state index contributed by atoms with van der Waals surface area (Å²) >= 11 is 1.06. The lowest BCUT2D eigenvalue weighted by Crippen LogP contribution is -2.52. The molecule has 6 rings (SSSR count). The minimum Gasteiger partial charge on any atom is -0.481 e. The summed E-state index contributed by atoms with van der Waals surface area (Å²) in [7, 11) is 1.43. The molecule has 3 aromatic rings. The van der Waals surface area contributed by atoms with Gasteiger partial charge in [-0.05, 0) is 18.6 Å². The molecule has 1 N–H and O–H groups in total. The van der Waals surface area contributed by atoms with Crippen molar-refractivity contribution >= 4 is 32.6 Å². The molecule has 0 aliphatic carbocycles. The number of nitrogens with one attached hydrogen (secondary N) is 1. The van der Waals surface area contributed by atoms with Gasteiger partial charge in [-0.25, -0.2) is 18.7 Å². The van der Waals surface area contributed by atoms with E-state index in [1.54, 1.807) is 17.9 Å². The molecule has 40 heavy (non-hydrogen) atoms. The molecule has 2 saturated heterocycles. The van der Waals surface area contributed by atoms with Gasteiger partial charge in [-0.2, -0.15) is 0 Å². The third kappa shape index (κ3) is 5.02. The highest BCUT2D eigenvalue weighted by Gasteiger charge is 2.47. The number of nitrogens with zero attached hydrogens (tertiary/aromatic N) is 3.